The zero-order valence-corrected chi connectivity index (χ0v) is 11.9. The van der Waals surface area contributed by atoms with Crippen LogP contribution in [0.15, 0.2) is 0 Å². The molecule has 0 spiro atoms. The zero-order valence-electron chi connectivity index (χ0n) is 11.9. The third kappa shape index (κ3) is 5.60. The fraction of sp³-hybridized carbons (Fsp3) is 0.846. The lowest BCUT2D eigenvalue weighted by atomic mass is 9.72. The van der Waals surface area contributed by atoms with Crippen molar-refractivity contribution >= 4 is 12.8 Å². The molecule has 0 bridgehead atoms. The summed E-state index contributed by atoms with van der Waals surface area (Å²) >= 11 is 0. The third-order valence-corrected chi connectivity index (χ3v) is 3.17. The van der Waals surface area contributed by atoms with Crippen LogP contribution in [0.3, 0.4) is 0 Å². The van der Waals surface area contributed by atoms with Gasteiger partial charge in [-0.05, 0) is 32.1 Å². The van der Waals surface area contributed by atoms with E-state index in [1.807, 2.05) is 20.6 Å². The molecular weight excluding hydrogens is 236 g/mol. The molecule has 0 aromatic rings. The van der Waals surface area contributed by atoms with Crippen LogP contribution in [0, 0.1) is 10.8 Å². The van der Waals surface area contributed by atoms with Crippen LogP contribution >= 0.6 is 0 Å². The van der Waals surface area contributed by atoms with Gasteiger partial charge >= 0.3 is 5.97 Å². The molecule has 5 heteroatoms. The van der Waals surface area contributed by atoms with Gasteiger partial charge in [-0.2, -0.15) is 0 Å². The van der Waals surface area contributed by atoms with Crippen molar-refractivity contribution in [3.8, 4) is 0 Å². The molecule has 2 unspecified atom stereocenters. The number of rotatable bonds is 7. The Morgan fingerprint density at radius 1 is 1.17 bits per heavy atom. The van der Waals surface area contributed by atoms with Gasteiger partial charge in [0.15, 0.2) is 0 Å². The summed E-state index contributed by atoms with van der Waals surface area (Å²) in [6, 6.07) is 0. The van der Waals surface area contributed by atoms with E-state index in [9.17, 15) is 15.0 Å². The van der Waals surface area contributed by atoms with Crippen molar-refractivity contribution in [2.24, 2.45) is 10.8 Å². The molecule has 0 saturated heterocycles. The highest BCUT2D eigenvalue weighted by molar-refractivity contribution is 5.76. The van der Waals surface area contributed by atoms with E-state index in [-0.39, 0.29) is 18.6 Å². The summed E-state index contributed by atoms with van der Waals surface area (Å²) in [5.74, 6) is -0.398. The largest absolute Gasteiger partial charge is 0.466 e. The first-order valence-electron chi connectivity index (χ1n) is 6.05. The smallest absolute Gasteiger partial charge is 0.314 e. The average molecular weight is 262 g/mol. The monoisotopic (exact) mass is 262 g/mol. The molecule has 0 amide bonds. The maximum absolute atomic E-state index is 11.7. The van der Waals surface area contributed by atoms with Crippen LogP contribution in [0.2, 0.25) is 0 Å². The van der Waals surface area contributed by atoms with Crippen LogP contribution in [0.1, 0.15) is 40.5 Å². The quantitative estimate of drug-likeness (QED) is 0.673. The number of aliphatic hydroxyl groups is 2. The van der Waals surface area contributed by atoms with Crippen LogP contribution in [0.25, 0.3) is 0 Å². The molecule has 0 aliphatic rings. The molecule has 0 radical (unpaired) electrons. The Bertz CT molecular complexity index is 238. The van der Waals surface area contributed by atoms with Gasteiger partial charge in [0.1, 0.15) is 6.79 Å². The van der Waals surface area contributed by atoms with Gasteiger partial charge in [0.25, 0.3) is 0 Å². The maximum Gasteiger partial charge on any atom is 0.314 e. The van der Waals surface area contributed by atoms with Crippen molar-refractivity contribution in [1.29, 1.82) is 0 Å². The molecule has 0 heterocycles. The summed E-state index contributed by atoms with van der Waals surface area (Å²) in [7, 11) is 0. The highest BCUT2D eigenvalue weighted by Crippen LogP contribution is 2.37. The summed E-state index contributed by atoms with van der Waals surface area (Å²) in [6.45, 7) is 9.31. The molecule has 0 rings (SSSR count). The van der Waals surface area contributed by atoms with Gasteiger partial charge in [0.05, 0.1) is 18.6 Å². The second-order valence-electron chi connectivity index (χ2n) is 4.94. The molecule has 0 aliphatic carbocycles. The lowest BCUT2D eigenvalue weighted by Gasteiger charge is -2.35. The average Bonchev–Trinajstić information content (AvgIpc) is 2.41. The minimum absolute atomic E-state index is 0.00149. The fourth-order valence-electron chi connectivity index (χ4n) is 1.73. The Hall–Kier alpha value is -0.940. The van der Waals surface area contributed by atoms with Gasteiger partial charge in [0.2, 0.25) is 0 Å². The molecule has 0 aromatic heterocycles. The van der Waals surface area contributed by atoms with Crippen LogP contribution < -0.4 is 0 Å². The SMILES string of the molecule is C=O.CCOC(=O)C(C)(CO)CC(C)(CC)CO. The second-order valence-corrected chi connectivity index (χ2v) is 4.94. The van der Waals surface area contributed by atoms with Crippen molar-refractivity contribution in [3.63, 3.8) is 0 Å². The Morgan fingerprint density at radius 3 is 1.94 bits per heavy atom. The number of hydrogen-bond acceptors (Lipinski definition) is 5. The van der Waals surface area contributed by atoms with E-state index in [0.29, 0.717) is 13.0 Å². The van der Waals surface area contributed by atoms with Gasteiger partial charge < -0.3 is 19.7 Å². The van der Waals surface area contributed by atoms with Crippen molar-refractivity contribution in [2.75, 3.05) is 19.8 Å². The molecule has 18 heavy (non-hydrogen) atoms. The molecule has 0 fully saturated rings. The van der Waals surface area contributed by atoms with Crippen molar-refractivity contribution in [1.82, 2.24) is 0 Å². The Labute approximate surface area is 109 Å². The van der Waals surface area contributed by atoms with Crippen LogP contribution in [-0.2, 0) is 14.3 Å². The highest BCUT2D eigenvalue weighted by atomic mass is 16.5. The fourth-order valence-corrected chi connectivity index (χ4v) is 1.73. The first-order valence-corrected chi connectivity index (χ1v) is 6.05. The highest BCUT2D eigenvalue weighted by Gasteiger charge is 2.40. The molecule has 0 aromatic carbocycles. The predicted octanol–water partition coefficient (Wildman–Crippen LogP) is 1.16. The molecule has 2 N–H and O–H groups in total. The van der Waals surface area contributed by atoms with Crippen LogP contribution in [-0.4, -0.2) is 42.8 Å². The first-order chi connectivity index (χ1) is 8.37. The summed E-state index contributed by atoms with van der Waals surface area (Å²) < 4.78 is 4.95. The Morgan fingerprint density at radius 2 is 1.67 bits per heavy atom. The van der Waals surface area contributed by atoms with Gasteiger partial charge in [-0.15, -0.1) is 0 Å². The van der Waals surface area contributed by atoms with E-state index in [4.69, 9.17) is 9.53 Å². The third-order valence-electron chi connectivity index (χ3n) is 3.17. The minimum Gasteiger partial charge on any atom is -0.466 e. The van der Waals surface area contributed by atoms with Gasteiger partial charge in [-0.3, -0.25) is 4.79 Å². The summed E-state index contributed by atoms with van der Waals surface area (Å²) in [5.41, 5.74) is -1.28. The lowest BCUT2D eigenvalue weighted by molar-refractivity contribution is -0.159. The van der Waals surface area contributed by atoms with E-state index in [0.717, 1.165) is 6.42 Å². The first kappa shape index (κ1) is 19.4. The van der Waals surface area contributed by atoms with Gasteiger partial charge in [0, 0.05) is 6.61 Å². The zero-order chi connectivity index (χ0) is 14.8. The summed E-state index contributed by atoms with van der Waals surface area (Å²) in [4.78, 5) is 19.7. The van der Waals surface area contributed by atoms with Crippen molar-refractivity contribution in [3.05, 3.63) is 0 Å². The van der Waals surface area contributed by atoms with E-state index in [1.54, 1.807) is 13.8 Å². The summed E-state index contributed by atoms with van der Waals surface area (Å²) in [5, 5.41) is 18.7. The predicted molar refractivity (Wildman–Crippen MR) is 69.0 cm³/mol. The van der Waals surface area contributed by atoms with Crippen molar-refractivity contribution < 1.29 is 24.5 Å². The van der Waals surface area contributed by atoms with Gasteiger partial charge in [-0.1, -0.05) is 13.8 Å². The number of esters is 1. The van der Waals surface area contributed by atoms with E-state index >= 15 is 0 Å². The number of aliphatic hydroxyl groups excluding tert-OH is 2. The van der Waals surface area contributed by atoms with Crippen molar-refractivity contribution in [2.45, 2.75) is 40.5 Å². The Balaban J connectivity index is 0. The number of hydrogen-bond donors (Lipinski definition) is 2. The topological polar surface area (TPSA) is 83.8 Å². The number of carbonyl (C=O) groups is 2. The molecule has 5 nitrogen and oxygen atoms in total. The maximum atomic E-state index is 11.7. The molecule has 0 saturated carbocycles. The number of ether oxygens (including phenoxy) is 1. The standard InChI is InChI=1S/C12H24O4.CH2O/c1-5-11(3,8-13)7-12(4,9-14)10(15)16-6-2;1-2/h13-14H,5-9H2,1-4H3;1H2. The lowest BCUT2D eigenvalue weighted by Crippen LogP contribution is -2.39. The van der Waals surface area contributed by atoms with E-state index in [1.165, 1.54) is 0 Å². The second kappa shape index (κ2) is 9.05. The molecular formula is C13H26O5. The minimum atomic E-state index is -0.927. The molecule has 0 aliphatic heterocycles. The van der Waals surface area contributed by atoms with E-state index < -0.39 is 11.4 Å². The van der Waals surface area contributed by atoms with Crippen LogP contribution in [0.5, 0.6) is 0 Å². The Kier molecular flexibility index (Phi) is 9.76. The van der Waals surface area contributed by atoms with Gasteiger partial charge in [-0.25, -0.2) is 0 Å². The van der Waals surface area contributed by atoms with Crippen LogP contribution in [0.4, 0.5) is 0 Å². The molecule has 2 atom stereocenters. The molecule has 108 valence electrons. The summed E-state index contributed by atoms with van der Waals surface area (Å²) in [6.07, 6.45) is 1.17. The number of carbonyl (C=O) groups excluding carboxylic acids is 2. The normalized spacial score (nSPS) is 16.8. The van der Waals surface area contributed by atoms with E-state index in [2.05, 4.69) is 0 Å².